The summed E-state index contributed by atoms with van der Waals surface area (Å²) in [6, 6.07) is 5.96. The molecule has 1 heterocycles. The molecule has 1 aromatic carbocycles. The number of alkyl halides is 2. The molecule has 23 heavy (non-hydrogen) atoms. The lowest BCUT2D eigenvalue weighted by atomic mass is 10.1. The van der Waals surface area contributed by atoms with Gasteiger partial charge in [0.25, 0.3) is 12.1 Å². The predicted octanol–water partition coefficient (Wildman–Crippen LogP) is 2.71. The molecule has 2 aromatic rings. The molecule has 0 aliphatic rings. The zero-order valence-corrected chi connectivity index (χ0v) is 11.7. The number of carbonyl (C=O) groups is 1. The molecule has 0 unspecified atom stereocenters. The number of nitro groups is 1. The van der Waals surface area contributed by atoms with Crippen molar-refractivity contribution in [2.24, 2.45) is 0 Å². The van der Waals surface area contributed by atoms with Gasteiger partial charge in [0.1, 0.15) is 6.54 Å². The molecule has 0 aliphatic carbocycles. The van der Waals surface area contributed by atoms with E-state index in [1.807, 2.05) is 0 Å². The van der Waals surface area contributed by atoms with Crippen LogP contribution < -0.4 is 5.32 Å². The fourth-order valence-electron chi connectivity index (χ4n) is 1.81. The summed E-state index contributed by atoms with van der Waals surface area (Å²) in [5, 5.41) is 17.0. The Morgan fingerprint density at radius 2 is 2.17 bits per heavy atom. The summed E-state index contributed by atoms with van der Waals surface area (Å²) < 4.78 is 25.4. The van der Waals surface area contributed by atoms with E-state index in [2.05, 4.69) is 10.4 Å². The third-order valence-electron chi connectivity index (χ3n) is 2.77. The topological polar surface area (TPSA) is 90.1 Å². The summed E-state index contributed by atoms with van der Waals surface area (Å²) in [5.41, 5.74) is 0.408. The van der Waals surface area contributed by atoms with Crippen LogP contribution in [-0.2, 0) is 11.3 Å². The van der Waals surface area contributed by atoms with Crippen molar-refractivity contribution in [3.05, 3.63) is 58.4 Å². The summed E-state index contributed by atoms with van der Waals surface area (Å²) in [6.45, 7) is -0.568. The second-order valence-electron chi connectivity index (χ2n) is 4.48. The third-order valence-corrected chi connectivity index (χ3v) is 2.77. The molecule has 0 saturated heterocycles. The molecule has 0 bridgehead atoms. The molecule has 7 nitrogen and oxygen atoms in total. The zero-order valence-electron chi connectivity index (χ0n) is 11.7. The Kier molecular flexibility index (Phi) is 5.13. The van der Waals surface area contributed by atoms with Gasteiger partial charge in [-0.2, -0.15) is 5.10 Å². The molecule has 2 rings (SSSR count). The fraction of sp³-hybridized carbons (Fsp3) is 0.143. The number of halogens is 2. The molecule has 1 N–H and O–H groups in total. The minimum Gasteiger partial charge on any atom is -0.320 e. The maximum Gasteiger partial charge on any atom is 0.276 e. The Balaban J connectivity index is 2.02. The number of nitrogens with one attached hydrogen (secondary N) is 1. The van der Waals surface area contributed by atoms with Crippen LogP contribution in [-0.4, -0.2) is 27.0 Å². The number of amides is 1. The second-order valence-corrected chi connectivity index (χ2v) is 4.48. The normalized spacial score (nSPS) is 11.1. The third kappa shape index (κ3) is 4.70. The molecule has 0 spiro atoms. The molecule has 0 radical (unpaired) electrons. The summed E-state index contributed by atoms with van der Waals surface area (Å²) in [7, 11) is 0. The van der Waals surface area contributed by atoms with E-state index < -0.39 is 23.8 Å². The zero-order chi connectivity index (χ0) is 16.8. The summed E-state index contributed by atoms with van der Waals surface area (Å²) in [4.78, 5) is 22.0. The van der Waals surface area contributed by atoms with Gasteiger partial charge in [-0.05, 0) is 12.1 Å². The van der Waals surface area contributed by atoms with Crippen molar-refractivity contribution in [3.8, 4) is 0 Å². The molecule has 0 aliphatic heterocycles. The first-order chi connectivity index (χ1) is 11.0. The number of hydrogen-bond donors (Lipinski definition) is 1. The lowest BCUT2D eigenvalue weighted by Crippen LogP contribution is -2.08. The van der Waals surface area contributed by atoms with Gasteiger partial charge in [-0.25, -0.2) is 8.78 Å². The van der Waals surface area contributed by atoms with Crippen molar-refractivity contribution >= 4 is 23.4 Å². The van der Waals surface area contributed by atoms with E-state index in [9.17, 15) is 23.7 Å². The SMILES string of the molecule is O=C(/C=C\c1ccccc1[N+](=O)[O-])Nc1cnn(CC(F)F)c1. The molecule has 0 fully saturated rings. The van der Waals surface area contributed by atoms with Crippen molar-refractivity contribution < 1.29 is 18.5 Å². The quantitative estimate of drug-likeness (QED) is 0.503. The lowest BCUT2D eigenvalue weighted by Gasteiger charge is -1.99. The fourth-order valence-corrected chi connectivity index (χ4v) is 1.81. The highest BCUT2D eigenvalue weighted by molar-refractivity contribution is 6.02. The van der Waals surface area contributed by atoms with Crippen LogP contribution in [0, 0.1) is 10.1 Å². The predicted molar refractivity (Wildman–Crippen MR) is 79.0 cm³/mol. The molecule has 0 atom stereocenters. The highest BCUT2D eigenvalue weighted by atomic mass is 19.3. The molecular weight excluding hydrogens is 310 g/mol. The average molecular weight is 322 g/mol. The molecular formula is C14H12F2N4O3. The number of nitro benzene ring substituents is 1. The van der Waals surface area contributed by atoms with Crippen LogP contribution in [0.5, 0.6) is 0 Å². The maximum atomic E-state index is 12.2. The van der Waals surface area contributed by atoms with E-state index in [1.165, 1.54) is 36.7 Å². The summed E-state index contributed by atoms with van der Waals surface area (Å²) in [5.74, 6) is -0.556. The lowest BCUT2D eigenvalue weighted by molar-refractivity contribution is -0.385. The van der Waals surface area contributed by atoms with Gasteiger partial charge in [0.15, 0.2) is 0 Å². The van der Waals surface area contributed by atoms with E-state index in [-0.39, 0.29) is 16.9 Å². The number of hydrogen-bond acceptors (Lipinski definition) is 4. The monoisotopic (exact) mass is 322 g/mol. The highest BCUT2D eigenvalue weighted by Gasteiger charge is 2.10. The van der Waals surface area contributed by atoms with E-state index >= 15 is 0 Å². The van der Waals surface area contributed by atoms with Crippen LogP contribution in [0.3, 0.4) is 0 Å². The Labute approximate surface area is 129 Å². The maximum absolute atomic E-state index is 12.2. The Morgan fingerprint density at radius 3 is 2.87 bits per heavy atom. The van der Waals surface area contributed by atoms with Crippen LogP contribution in [0.2, 0.25) is 0 Å². The van der Waals surface area contributed by atoms with Crippen LogP contribution in [0.15, 0.2) is 42.7 Å². The number of anilines is 1. The van der Waals surface area contributed by atoms with Crippen molar-refractivity contribution in [1.29, 1.82) is 0 Å². The van der Waals surface area contributed by atoms with Gasteiger partial charge in [-0.3, -0.25) is 19.6 Å². The Morgan fingerprint density at radius 1 is 1.43 bits per heavy atom. The smallest absolute Gasteiger partial charge is 0.276 e. The minimum absolute atomic E-state index is 0.124. The van der Waals surface area contributed by atoms with Gasteiger partial charge in [0.2, 0.25) is 5.91 Å². The molecule has 1 aromatic heterocycles. The first-order valence-electron chi connectivity index (χ1n) is 6.49. The Hall–Kier alpha value is -3.10. The summed E-state index contributed by atoms with van der Waals surface area (Å²) in [6.07, 6.45) is 2.38. The molecule has 0 saturated carbocycles. The van der Waals surface area contributed by atoms with Crippen LogP contribution in [0.1, 0.15) is 5.56 Å². The van der Waals surface area contributed by atoms with Crippen LogP contribution in [0.4, 0.5) is 20.2 Å². The number of nitrogens with zero attached hydrogens (tertiary/aromatic N) is 3. The minimum atomic E-state index is -2.54. The van der Waals surface area contributed by atoms with Crippen molar-refractivity contribution in [2.75, 3.05) is 5.32 Å². The number of para-hydroxylation sites is 1. The van der Waals surface area contributed by atoms with Gasteiger partial charge >= 0.3 is 0 Å². The van der Waals surface area contributed by atoms with Crippen molar-refractivity contribution in [2.45, 2.75) is 13.0 Å². The molecule has 9 heteroatoms. The van der Waals surface area contributed by atoms with Crippen molar-refractivity contribution in [1.82, 2.24) is 9.78 Å². The first-order valence-corrected chi connectivity index (χ1v) is 6.49. The van der Waals surface area contributed by atoms with Gasteiger partial charge in [0, 0.05) is 18.3 Å². The van der Waals surface area contributed by atoms with Crippen LogP contribution in [0.25, 0.3) is 6.08 Å². The van der Waals surface area contributed by atoms with Gasteiger partial charge < -0.3 is 5.32 Å². The number of aromatic nitrogens is 2. The van der Waals surface area contributed by atoms with Gasteiger partial charge in [-0.1, -0.05) is 12.1 Å². The van der Waals surface area contributed by atoms with Gasteiger partial charge in [0.05, 0.1) is 22.4 Å². The largest absolute Gasteiger partial charge is 0.320 e. The van der Waals surface area contributed by atoms with E-state index in [0.717, 1.165) is 10.8 Å². The van der Waals surface area contributed by atoms with E-state index in [0.29, 0.717) is 0 Å². The number of carbonyl (C=O) groups excluding carboxylic acids is 1. The van der Waals surface area contributed by atoms with E-state index in [4.69, 9.17) is 0 Å². The average Bonchev–Trinajstić information content (AvgIpc) is 2.91. The number of rotatable bonds is 6. The molecule has 120 valence electrons. The number of benzene rings is 1. The van der Waals surface area contributed by atoms with Crippen molar-refractivity contribution in [3.63, 3.8) is 0 Å². The van der Waals surface area contributed by atoms with Crippen LogP contribution >= 0.6 is 0 Å². The second kappa shape index (κ2) is 7.25. The molecule has 1 amide bonds. The Bertz CT molecular complexity index is 743. The van der Waals surface area contributed by atoms with Gasteiger partial charge in [-0.15, -0.1) is 0 Å². The highest BCUT2D eigenvalue weighted by Crippen LogP contribution is 2.19. The standard InChI is InChI=1S/C14H12F2N4O3/c15-13(16)9-19-8-11(7-17-19)18-14(21)6-5-10-3-1-2-4-12(10)20(22)23/h1-8,13H,9H2,(H,18,21)/b6-5-. The van der Waals surface area contributed by atoms with E-state index in [1.54, 1.807) is 6.07 Å². The first kappa shape index (κ1) is 16.3. The summed E-state index contributed by atoms with van der Waals surface area (Å²) >= 11 is 0.